The summed E-state index contributed by atoms with van der Waals surface area (Å²) < 4.78 is 1.93. The van der Waals surface area contributed by atoms with Crippen molar-refractivity contribution in [1.29, 1.82) is 0 Å². The van der Waals surface area contributed by atoms with E-state index in [9.17, 15) is 5.11 Å². The number of halogens is 2. The quantitative estimate of drug-likeness (QED) is 0.842. The normalized spacial score (nSPS) is 13.0. The number of imidazole rings is 1. The fourth-order valence-corrected chi connectivity index (χ4v) is 3.96. The van der Waals surface area contributed by atoms with Gasteiger partial charge in [0.1, 0.15) is 17.0 Å². The minimum Gasteiger partial charge on any atom is -0.385 e. The summed E-state index contributed by atoms with van der Waals surface area (Å²) in [5.41, 5.74) is 0.967. The molecule has 0 spiro atoms. The monoisotopic (exact) mass is 344 g/mol. The van der Waals surface area contributed by atoms with Crippen LogP contribution in [0, 0.1) is 0 Å². The van der Waals surface area contributed by atoms with Gasteiger partial charge < -0.3 is 9.67 Å². The maximum atomic E-state index is 9.84. The third-order valence-electron chi connectivity index (χ3n) is 3.07. The van der Waals surface area contributed by atoms with Crippen LogP contribution >= 0.6 is 35.0 Å². The SMILES string of the molecule is CC(C)c1nc(C(C)O)n(C)c1Sc1cc(Cl)cc(Cl)c1. The number of rotatable bonds is 4. The van der Waals surface area contributed by atoms with Crippen LogP contribution < -0.4 is 0 Å². The zero-order valence-electron chi connectivity index (χ0n) is 12.4. The van der Waals surface area contributed by atoms with Crippen LogP contribution in [0.25, 0.3) is 0 Å². The molecule has 1 heterocycles. The molecular weight excluding hydrogens is 327 g/mol. The van der Waals surface area contributed by atoms with Crippen molar-refractivity contribution >= 4 is 35.0 Å². The average Bonchev–Trinajstić information content (AvgIpc) is 2.66. The molecule has 114 valence electrons. The smallest absolute Gasteiger partial charge is 0.138 e. The summed E-state index contributed by atoms with van der Waals surface area (Å²) in [6.45, 7) is 5.89. The standard InChI is InChI=1S/C15H18Cl2N2OS/c1-8(2)13-15(19(4)14(18-13)9(3)20)21-12-6-10(16)5-11(17)7-12/h5-9,20H,1-4H3. The molecule has 2 rings (SSSR count). The van der Waals surface area contributed by atoms with E-state index in [4.69, 9.17) is 23.2 Å². The van der Waals surface area contributed by atoms with E-state index in [0.717, 1.165) is 15.6 Å². The van der Waals surface area contributed by atoms with E-state index in [1.807, 2.05) is 23.7 Å². The first-order chi connectivity index (χ1) is 9.79. The molecule has 0 aliphatic rings. The first-order valence-corrected chi connectivity index (χ1v) is 8.25. The van der Waals surface area contributed by atoms with Gasteiger partial charge in [0, 0.05) is 22.0 Å². The van der Waals surface area contributed by atoms with Crippen molar-refractivity contribution in [3.8, 4) is 0 Å². The van der Waals surface area contributed by atoms with Gasteiger partial charge in [0.15, 0.2) is 0 Å². The van der Waals surface area contributed by atoms with Crippen LogP contribution in [0.4, 0.5) is 0 Å². The lowest BCUT2D eigenvalue weighted by Gasteiger charge is -2.10. The number of aliphatic hydroxyl groups excluding tert-OH is 1. The molecule has 21 heavy (non-hydrogen) atoms. The molecule has 1 unspecified atom stereocenters. The van der Waals surface area contributed by atoms with Crippen LogP contribution in [-0.4, -0.2) is 14.7 Å². The van der Waals surface area contributed by atoms with Crippen LogP contribution in [0.5, 0.6) is 0 Å². The minimum absolute atomic E-state index is 0.265. The van der Waals surface area contributed by atoms with Gasteiger partial charge >= 0.3 is 0 Å². The highest BCUT2D eigenvalue weighted by molar-refractivity contribution is 7.99. The Hall–Kier alpha value is -0.680. The van der Waals surface area contributed by atoms with Gasteiger partial charge in [-0.05, 0) is 31.0 Å². The molecule has 1 N–H and O–H groups in total. The second kappa shape index (κ2) is 6.61. The molecule has 0 aliphatic heterocycles. The number of aliphatic hydroxyl groups is 1. The first-order valence-electron chi connectivity index (χ1n) is 6.68. The van der Waals surface area contributed by atoms with E-state index in [0.29, 0.717) is 15.9 Å². The van der Waals surface area contributed by atoms with Gasteiger partial charge in [0.2, 0.25) is 0 Å². The Morgan fingerprint density at radius 1 is 1.14 bits per heavy atom. The topological polar surface area (TPSA) is 38.1 Å². The number of benzene rings is 1. The Kier molecular flexibility index (Phi) is 5.25. The summed E-state index contributed by atoms with van der Waals surface area (Å²) in [4.78, 5) is 5.53. The molecule has 0 aliphatic carbocycles. The first kappa shape index (κ1) is 16.7. The van der Waals surface area contributed by atoms with E-state index >= 15 is 0 Å². The summed E-state index contributed by atoms with van der Waals surface area (Å²) in [5.74, 6) is 0.926. The summed E-state index contributed by atoms with van der Waals surface area (Å²) in [7, 11) is 1.91. The van der Waals surface area contributed by atoms with Gasteiger partial charge in [-0.2, -0.15) is 0 Å². The van der Waals surface area contributed by atoms with E-state index in [1.165, 1.54) is 0 Å². The molecule has 0 fully saturated rings. The summed E-state index contributed by atoms with van der Waals surface area (Å²) in [5, 5.41) is 12.1. The maximum absolute atomic E-state index is 9.84. The molecular formula is C15H18Cl2N2OS. The summed E-state index contributed by atoms with van der Waals surface area (Å²) in [6.07, 6.45) is -0.607. The molecule has 0 amide bonds. The van der Waals surface area contributed by atoms with E-state index in [1.54, 1.807) is 24.8 Å². The van der Waals surface area contributed by atoms with Crippen molar-refractivity contribution in [2.75, 3.05) is 0 Å². The Labute approximate surface area is 139 Å². The Morgan fingerprint density at radius 3 is 2.19 bits per heavy atom. The van der Waals surface area contributed by atoms with Gasteiger partial charge in [0.05, 0.1) is 5.69 Å². The maximum Gasteiger partial charge on any atom is 0.138 e. The van der Waals surface area contributed by atoms with Gasteiger partial charge in [-0.1, -0.05) is 48.8 Å². The van der Waals surface area contributed by atoms with Crippen molar-refractivity contribution in [3.05, 3.63) is 39.8 Å². The lowest BCUT2D eigenvalue weighted by Crippen LogP contribution is -2.02. The molecule has 0 saturated carbocycles. The second-order valence-electron chi connectivity index (χ2n) is 5.26. The third-order valence-corrected chi connectivity index (χ3v) is 4.66. The van der Waals surface area contributed by atoms with Gasteiger partial charge in [-0.15, -0.1) is 0 Å². The van der Waals surface area contributed by atoms with E-state index in [-0.39, 0.29) is 5.92 Å². The van der Waals surface area contributed by atoms with E-state index in [2.05, 4.69) is 18.8 Å². The lowest BCUT2D eigenvalue weighted by molar-refractivity contribution is 0.184. The van der Waals surface area contributed by atoms with Gasteiger partial charge in [-0.3, -0.25) is 0 Å². The van der Waals surface area contributed by atoms with Crippen molar-refractivity contribution in [3.63, 3.8) is 0 Å². The van der Waals surface area contributed by atoms with E-state index < -0.39 is 6.10 Å². The highest BCUT2D eigenvalue weighted by Gasteiger charge is 2.20. The zero-order chi connectivity index (χ0) is 15.7. The molecule has 0 radical (unpaired) electrons. The zero-order valence-corrected chi connectivity index (χ0v) is 14.7. The lowest BCUT2D eigenvalue weighted by atomic mass is 10.1. The molecule has 3 nitrogen and oxygen atoms in total. The van der Waals surface area contributed by atoms with Crippen molar-refractivity contribution in [2.45, 2.75) is 42.7 Å². The van der Waals surface area contributed by atoms with Crippen LogP contribution in [0.15, 0.2) is 28.1 Å². The molecule has 2 aromatic rings. The molecule has 1 aromatic carbocycles. The molecule has 0 saturated heterocycles. The van der Waals surface area contributed by atoms with Gasteiger partial charge in [-0.25, -0.2) is 4.98 Å². The Bertz CT molecular complexity index is 633. The number of hydrogen-bond donors (Lipinski definition) is 1. The van der Waals surface area contributed by atoms with Crippen LogP contribution in [-0.2, 0) is 7.05 Å². The third kappa shape index (κ3) is 3.75. The number of hydrogen-bond acceptors (Lipinski definition) is 3. The van der Waals surface area contributed by atoms with Crippen LogP contribution in [0.2, 0.25) is 10.0 Å². The minimum atomic E-state index is -0.607. The second-order valence-corrected chi connectivity index (χ2v) is 7.19. The van der Waals surface area contributed by atoms with Crippen molar-refractivity contribution in [2.24, 2.45) is 7.05 Å². The highest BCUT2D eigenvalue weighted by Crippen LogP contribution is 2.37. The molecule has 1 aromatic heterocycles. The number of aromatic nitrogens is 2. The molecule has 0 bridgehead atoms. The van der Waals surface area contributed by atoms with Crippen LogP contribution in [0.1, 0.15) is 44.3 Å². The fourth-order valence-electron chi connectivity index (χ4n) is 2.09. The average molecular weight is 345 g/mol. The molecule has 6 heteroatoms. The summed E-state index contributed by atoms with van der Waals surface area (Å²) >= 11 is 13.7. The highest BCUT2D eigenvalue weighted by atomic mass is 35.5. The van der Waals surface area contributed by atoms with Crippen molar-refractivity contribution < 1.29 is 5.11 Å². The molecule has 1 atom stereocenters. The Balaban J connectivity index is 2.47. The Morgan fingerprint density at radius 2 is 1.71 bits per heavy atom. The largest absolute Gasteiger partial charge is 0.385 e. The predicted octanol–water partition coefficient (Wildman–Crippen LogP) is 5.05. The van der Waals surface area contributed by atoms with Crippen molar-refractivity contribution in [1.82, 2.24) is 9.55 Å². The van der Waals surface area contributed by atoms with Crippen LogP contribution in [0.3, 0.4) is 0 Å². The fraction of sp³-hybridized carbons (Fsp3) is 0.400. The van der Waals surface area contributed by atoms with Gasteiger partial charge in [0.25, 0.3) is 0 Å². The summed E-state index contributed by atoms with van der Waals surface area (Å²) in [6, 6.07) is 5.45. The predicted molar refractivity (Wildman–Crippen MR) is 88.5 cm³/mol. The number of nitrogens with zero attached hydrogens (tertiary/aromatic N) is 2.